The second kappa shape index (κ2) is 31.0. The standard InChI is InChI=1S/7C10H9N.C7H8/c1-8-2-3-10-7-11-5-4-9(10)6-8;1-8-2-3-9-4-5-11-7-10(9)6-8;1-8-4-5-10-9(7-8)3-2-6-11-10;1-8-4-5-9-3-2-6-11-10(9)7-8;1-8-6-9-4-2-3-5-10(9)7-11-8;1-8-6-9-4-2-3-5-10(9)11-7-8;1-8-6-7-9-4-2-3-5-10(9)11-8;1-7-5-3-2-4-6-7/h7*2-7H,1H3;2-6H,1H3. The molecule has 8 aromatic carbocycles. The highest BCUT2D eigenvalue weighted by Gasteiger charge is 1.96. The lowest BCUT2D eigenvalue weighted by molar-refractivity contribution is 1.22. The molecule has 0 atom stereocenters. The lowest BCUT2D eigenvalue weighted by atomic mass is 10.1. The van der Waals surface area contributed by atoms with E-state index < -0.39 is 0 Å². The summed E-state index contributed by atoms with van der Waals surface area (Å²) in [7, 11) is 0. The summed E-state index contributed by atoms with van der Waals surface area (Å²) in [5.41, 5.74) is 14.1. The maximum absolute atomic E-state index is 4.38. The number of aromatic nitrogens is 7. The van der Waals surface area contributed by atoms with Crippen LogP contribution < -0.4 is 0 Å². The smallest absolute Gasteiger partial charge is 0.0705 e. The van der Waals surface area contributed by atoms with Crippen LogP contribution in [0.1, 0.15) is 44.8 Å². The fourth-order valence-electron chi connectivity index (χ4n) is 8.86. The fourth-order valence-corrected chi connectivity index (χ4v) is 8.86. The third-order valence-electron chi connectivity index (χ3n) is 13.3. The van der Waals surface area contributed by atoms with Crippen molar-refractivity contribution in [2.75, 3.05) is 0 Å². The third kappa shape index (κ3) is 18.9. The minimum atomic E-state index is 1.07. The van der Waals surface area contributed by atoms with Gasteiger partial charge in [-0.15, -0.1) is 0 Å². The van der Waals surface area contributed by atoms with Gasteiger partial charge in [-0.25, -0.2) is 0 Å². The van der Waals surface area contributed by atoms with Crippen molar-refractivity contribution in [1.82, 2.24) is 34.9 Å². The van der Waals surface area contributed by atoms with Crippen molar-refractivity contribution >= 4 is 75.9 Å². The number of pyridine rings is 7. The first kappa shape index (κ1) is 59.7. The Morgan fingerprint density at radius 3 is 1.36 bits per heavy atom. The van der Waals surface area contributed by atoms with Crippen molar-refractivity contribution in [1.29, 1.82) is 0 Å². The molecule has 0 saturated carbocycles. The first-order valence-corrected chi connectivity index (χ1v) is 28.1. The summed E-state index contributed by atoms with van der Waals surface area (Å²) in [5, 5.41) is 12.3. The van der Waals surface area contributed by atoms with Gasteiger partial charge in [-0.1, -0.05) is 180 Å². The Morgan fingerprint density at radius 2 is 0.655 bits per heavy atom. The lowest BCUT2D eigenvalue weighted by Crippen LogP contribution is -1.80. The minimum Gasteiger partial charge on any atom is -0.264 e. The number of nitrogens with zero attached hydrogens (tertiary/aromatic N) is 7. The van der Waals surface area contributed by atoms with Gasteiger partial charge in [0.1, 0.15) is 0 Å². The Bertz CT molecular complexity index is 3750. The highest BCUT2D eigenvalue weighted by Crippen LogP contribution is 2.18. The van der Waals surface area contributed by atoms with Gasteiger partial charge in [0.15, 0.2) is 0 Å². The van der Waals surface area contributed by atoms with Gasteiger partial charge in [0.2, 0.25) is 0 Å². The van der Waals surface area contributed by atoms with Gasteiger partial charge in [-0.3, -0.25) is 34.9 Å². The molecule has 0 fully saturated rings. The van der Waals surface area contributed by atoms with E-state index in [4.69, 9.17) is 0 Å². The molecule has 0 unspecified atom stereocenters. The van der Waals surface area contributed by atoms with Crippen molar-refractivity contribution in [3.05, 3.63) is 331 Å². The molecule has 0 saturated heterocycles. The summed E-state index contributed by atoms with van der Waals surface area (Å²) in [6.07, 6.45) is 14.9. The number of fused-ring (bicyclic) bond motifs is 7. The molecule has 7 aromatic heterocycles. The zero-order chi connectivity index (χ0) is 58.9. The molecule has 15 aromatic rings. The van der Waals surface area contributed by atoms with Crippen LogP contribution in [0, 0.1) is 55.4 Å². The van der Waals surface area contributed by atoms with Crippen LogP contribution in [0.2, 0.25) is 0 Å². The lowest BCUT2D eigenvalue weighted by Gasteiger charge is -1.96. The fraction of sp³-hybridized carbons (Fsp3) is 0.104. The quantitative estimate of drug-likeness (QED) is 0.149. The number of hydrogen-bond donors (Lipinski definition) is 0. The van der Waals surface area contributed by atoms with Crippen molar-refractivity contribution in [3.63, 3.8) is 0 Å². The maximum atomic E-state index is 4.38. The Hall–Kier alpha value is -10.4. The normalized spacial score (nSPS) is 10.1. The van der Waals surface area contributed by atoms with Crippen LogP contribution in [0.15, 0.2) is 286 Å². The second-order valence-electron chi connectivity index (χ2n) is 20.5. The van der Waals surface area contributed by atoms with Crippen molar-refractivity contribution in [3.8, 4) is 0 Å². The summed E-state index contributed by atoms with van der Waals surface area (Å²) < 4.78 is 0. The van der Waals surface area contributed by atoms with E-state index >= 15 is 0 Å². The third-order valence-corrected chi connectivity index (χ3v) is 13.3. The molecule has 0 aliphatic heterocycles. The highest BCUT2D eigenvalue weighted by molar-refractivity contribution is 5.84. The number of para-hydroxylation sites is 2. The SMILES string of the molecule is Cc1cc2ccccc2cn1.Cc1ccc2ccccc2n1.Cc1ccc2cccnc2c1.Cc1ccc2ccncc2c1.Cc1ccc2cnccc2c1.Cc1ccc2ncccc2c1.Cc1ccccc1.Cc1cnc2ccccc2c1. The molecule has 0 amide bonds. The van der Waals surface area contributed by atoms with Crippen molar-refractivity contribution in [2.24, 2.45) is 0 Å². The number of aryl methyl sites for hydroxylation is 8. The molecule has 0 spiro atoms. The number of benzene rings is 8. The Balaban J connectivity index is 0.000000126. The van der Waals surface area contributed by atoms with Crippen LogP contribution in [-0.2, 0) is 0 Å². The molecule has 7 heteroatoms. The highest BCUT2D eigenvalue weighted by atomic mass is 14.7. The van der Waals surface area contributed by atoms with Crippen LogP contribution in [0.5, 0.6) is 0 Å². The molecule has 414 valence electrons. The minimum absolute atomic E-state index is 1.07. The van der Waals surface area contributed by atoms with E-state index in [1.165, 1.54) is 87.2 Å². The predicted molar refractivity (Wildman–Crippen MR) is 357 cm³/mol. The van der Waals surface area contributed by atoms with Crippen LogP contribution >= 0.6 is 0 Å². The van der Waals surface area contributed by atoms with E-state index in [1.54, 1.807) is 0 Å². The summed E-state index contributed by atoms with van der Waals surface area (Å²) in [6, 6.07) is 80.5. The summed E-state index contributed by atoms with van der Waals surface area (Å²) >= 11 is 0. The number of rotatable bonds is 0. The zero-order valence-corrected chi connectivity index (χ0v) is 49.3. The maximum Gasteiger partial charge on any atom is 0.0705 e. The molecular weight excluding hydrogens is 1020 g/mol. The summed E-state index contributed by atoms with van der Waals surface area (Å²) in [5.74, 6) is 0. The van der Waals surface area contributed by atoms with Gasteiger partial charge in [0, 0.05) is 98.7 Å². The molecule has 0 aliphatic carbocycles. The molecule has 0 aliphatic rings. The van der Waals surface area contributed by atoms with Gasteiger partial charge in [-0.05, 0) is 162 Å². The Morgan fingerprint density at radius 1 is 0.202 bits per heavy atom. The van der Waals surface area contributed by atoms with Crippen LogP contribution in [0.3, 0.4) is 0 Å². The van der Waals surface area contributed by atoms with Gasteiger partial charge in [0.05, 0.1) is 22.1 Å². The average Bonchev–Trinajstić information content (AvgIpc) is 3.64. The first-order valence-electron chi connectivity index (χ1n) is 28.1. The molecule has 84 heavy (non-hydrogen) atoms. The molecule has 0 radical (unpaired) electrons. The average molecular weight is 1090 g/mol. The van der Waals surface area contributed by atoms with E-state index in [-0.39, 0.29) is 0 Å². The largest absolute Gasteiger partial charge is 0.264 e. The number of hydrogen-bond acceptors (Lipinski definition) is 7. The summed E-state index contributed by atoms with van der Waals surface area (Å²) in [6.45, 7) is 16.5. The van der Waals surface area contributed by atoms with Crippen LogP contribution in [-0.4, -0.2) is 34.9 Å². The molecule has 0 bridgehead atoms. The predicted octanol–water partition coefficient (Wildman–Crippen LogP) is 19.8. The van der Waals surface area contributed by atoms with E-state index in [0.717, 1.165) is 33.5 Å². The van der Waals surface area contributed by atoms with Gasteiger partial charge < -0.3 is 0 Å². The van der Waals surface area contributed by atoms with Gasteiger partial charge in [-0.2, -0.15) is 0 Å². The molecule has 7 heterocycles. The second-order valence-corrected chi connectivity index (χ2v) is 20.5. The monoisotopic (exact) mass is 1090 g/mol. The summed E-state index contributed by atoms with van der Waals surface area (Å²) in [4.78, 5) is 29.4. The first-order chi connectivity index (χ1) is 40.9. The Kier molecular flexibility index (Phi) is 22.1. The van der Waals surface area contributed by atoms with Crippen LogP contribution in [0.25, 0.3) is 75.9 Å². The zero-order valence-electron chi connectivity index (χ0n) is 49.3. The van der Waals surface area contributed by atoms with E-state index in [1.807, 2.05) is 167 Å². The van der Waals surface area contributed by atoms with Crippen LogP contribution in [0.4, 0.5) is 0 Å². The van der Waals surface area contributed by atoms with E-state index in [0.29, 0.717) is 0 Å². The van der Waals surface area contributed by atoms with Gasteiger partial charge in [0.25, 0.3) is 0 Å². The van der Waals surface area contributed by atoms with E-state index in [2.05, 4.69) is 210 Å². The van der Waals surface area contributed by atoms with E-state index in [9.17, 15) is 0 Å². The molecule has 15 rings (SSSR count). The topological polar surface area (TPSA) is 90.2 Å². The Labute approximate surface area is 494 Å². The molecular formula is C77H71N7. The van der Waals surface area contributed by atoms with Crippen molar-refractivity contribution < 1.29 is 0 Å². The van der Waals surface area contributed by atoms with Crippen molar-refractivity contribution in [2.45, 2.75) is 55.4 Å². The molecule has 7 nitrogen and oxygen atoms in total. The van der Waals surface area contributed by atoms with Gasteiger partial charge >= 0.3 is 0 Å². The molecule has 0 N–H and O–H groups in total.